The van der Waals surface area contributed by atoms with Crippen LogP contribution in [0.2, 0.25) is 0 Å². The van der Waals surface area contributed by atoms with E-state index in [-0.39, 0.29) is 22.9 Å². The highest BCUT2D eigenvalue weighted by Gasteiger charge is 2.57. The lowest BCUT2D eigenvalue weighted by Crippen LogP contribution is -2.47. The van der Waals surface area contributed by atoms with Crippen molar-refractivity contribution < 1.29 is 9.50 Å². The Morgan fingerprint density at radius 2 is 2.12 bits per heavy atom. The number of hydrogen-bond donors (Lipinski definition) is 1. The molecule has 3 heteroatoms. The van der Waals surface area contributed by atoms with Gasteiger partial charge in [0.25, 0.3) is 0 Å². The Kier molecular flexibility index (Phi) is 3.73. The molecule has 0 radical (unpaired) electrons. The Labute approximate surface area is 143 Å². The summed E-state index contributed by atoms with van der Waals surface area (Å²) < 4.78 is 14.7. The standard InChI is InChI=1S/C21H26FNO/c1-3-12-10-21(2)17(8-9-18(21)24)16-7-6-15-14(19(12)16)5-4-13(11-23)20(15)22/h4-5,12,16-19,24H,3,6-10H2,1-2H3/t12-,16?,17?,18-,19?,21-/m0/s1. The minimum Gasteiger partial charge on any atom is -0.393 e. The summed E-state index contributed by atoms with van der Waals surface area (Å²) in [6.45, 7) is 4.50. The second-order valence-corrected chi connectivity index (χ2v) is 8.41. The second kappa shape index (κ2) is 5.56. The molecule has 0 spiro atoms. The molecule has 128 valence electrons. The van der Waals surface area contributed by atoms with Gasteiger partial charge in [0.15, 0.2) is 0 Å². The molecule has 0 bridgehead atoms. The van der Waals surface area contributed by atoms with E-state index < -0.39 is 0 Å². The van der Waals surface area contributed by atoms with Crippen LogP contribution in [0, 0.1) is 40.3 Å². The first-order valence-corrected chi connectivity index (χ1v) is 9.40. The molecule has 3 aliphatic rings. The van der Waals surface area contributed by atoms with Crippen LogP contribution in [0.25, 0.3) is 0 Å². The number of halogens is 1. The van der Waals surface area contributed by atoms with Crippen molar-refractivity contribution in [2.24, 2.45) is 23.2 Å². The van der Waals surface area contributed by atoms with Gasteiger partial charge in [-0.1, -0.05) is 26.3 Å². The summed E-state index contributed by atoms with van der Waals surface area (Å²) >= 11 is 0. The summed E-state index contributed by atoms with van der Waals surface area (Å²) in [5.74, 6) is 1.70. The van der Waals surface area contributed by atoms with E-state index in [9.17, 15) is 9.50 Å². The summed E-state index contributed by atoms with van der Waals surface area (Å²) in [6, 6.07) is 5.67. The van der Waals surface area contributed by atoms with Gasteiger partial charge >= 0.3 is 0 Å². The first-order valence-electron chi connectivity index (χ1n) is 9.40. The van der Waals surface area contributed by atoms with Gasteiger partial charge < -0.3 is 5.11 Å². The van der Waals surface area contributed by atoms with E-state index in [0.717, 1.165) is 49.7 Å². The zero-order chi connectivity index (χ0) is 17.1. The zero-order valence-corrected chi connectivity index (χ0v) is 14.6. The van der Waals surface area contributed by atoms with Gasteiger partial charge in [0, 0.05) is 0 Å². The average Bonchev–Trinajstić information content (AvgIpc) is 2.89. The third-order valence-electron chi connectivity index (χ3n) is 7.56. The molecule has 1 aromatic carbocycles. The van der Waals surface area contributed by atoms with Gasteiger partial charge in [-0.2, -0.15) is 5.26 Å². The van der Waals surface area contributed by atoms with Crippen LogP contribution in [-0.4, -0.2) is 11.2 Å². The van der Waals surface area contributed by atoms with Crippen molar-refractivity contribution >= 4 is 0 Å². The number of nitrogens with zero attached hydrogens (tertiary/aromatic N) is 1. The minimum absolute atomic E-state index is 0.0322. The summed E-state index contributed by atoms with van der Waals surface area (Å²) in [5, 5.41) is 19.7. The van der Waals surface area contributed by atoms with Gasteiger partial charge in [0.2, 0.25) is 0 Å². The highest BCUT2D eigenvalue weighted by molar-refractivity contribution is 5.44. The molecule has 1 N–H and O–H groups in total. The van der Waals surface area contributed by atoms with E-state index in [0.29, 0.717) is 23.7 Å². The number of rotatable bonds is 1. The minimum atomic E-state index is -0.289. The Morgan fingerprint density at radius 3 is 2.83 bits per heavy atom. The van der Waals surface area contributed by atoms with Crippen LogP contribution in [0.5, 0.6) is 0 Å². The highest BCUT2D eigenvalue weighted by Crippen LogP contribution is 2.63. The Hall–Kier alpha value is -1.40. The van der Waals surface area contributed by atoms with Crippen LogP contribution in [0.3, 0.4) is 0 Å². The van der Waals surface area contributed by atoms with Gasteiger partial charge in [0.1, 0.15) is 11.9 Å². The maximum Gasteiger partial charge on any atom is 0.144 e. The second-order valence-electron chi connectivity index (χ2n) is 8.41. The van der Waals surface area contributed by atoms with Crippen molar-refractivity contribution in [1.82, 2.24) is 0 Å². The molecule has 0 aromatic heterocycles. The van der Waals surface area contributed by atoms with Gasteiger partial charge in [-0.25, -0.2) is 4.39 Å². The van der Waals surface area contributed by atoms with Crippen LogP contribution >= 0.6 is 0 Å². The van der Waals surface area contributed by atoms with Crippen molar-refractivity contribution in [3.05, 3.63) is 34.6 Å². The number of fused-ring (bicyclic) bond motifs is 5. The third-order valence-corrected chi connectivity index (χ3v) is 7.56. The summed E-state index contributed by atoms with van der Waals surface area (Å²) in [6.07, 6.45) is 5.66. The van der Waals surface area contributed by atoms with Crippen molar-refractivity contribution in [3.8, 4) is 6.07 Å². The summed E-state index contributed by atoms with van der Waals surface area (Å²) in [4.78, 5) is 0. The monoisotopic (exact) mass is 327 g/mol. The smallest absolute Gasteiger partial charge is 0.144 e. The summed E-state index contributed by atoms with van der Waals surface area (Å²) in [5.41, 5.74) is 2.15. The van der Waals surface area contributed by atoms with Crippen LogP contribution in [0.4, 0.5) is 4.39 Å². The number of hydrogen-bond acceptors (Lipinski definition) is 2. The predicted molar refractivity (Wildman–Crippen MR) is 90.9 cm³/mol. The quantitative estimate of drug-likeness (QED) is 0.822. The molecule has 0 saturated heterocycles. The fourth-order valence-electron chi connectivity index (χ4n) is 6.39. The number of benzene rings is 1. The largest absolute Gasteiger partial charge is 0.393 e. The normalized spacial score (nSPS) is 40.4. The first-order chi connectivity index (χ1) is 11.5. The molecule has 0 heterocycles. The average molecular weight is 327 g/mol. The lowest BCUT2D eigenvalue weighted by atomic mass is 9.51. The SMILES string of the molecule is CC[C@H]1C[C@@]2(C)C(CC[C@@H]2O)C2CCc3c(ccc(C#N)c3F)C21. The van der Waals surface area contributed by atoms with Crippen molar-refractivity contribution in [2.75, 3.05) is 0 Å². The molecule has 1 aromatic rings. The molecule has 0 amide bonds. The fourth-order valence-corrected chi connectivity index (χ4v) is 6.39. The van der Waals surface area contributed by atoms with E-state index in [1.54, 1.807) is 6.07 Å². The molecule has 3 unspecified atom stereocenters. The lowest BCUT2D eigenvalue weighted by Gasteiger charge is -2.53. The molecule has 0 aliphatic heterocycles. The van der Waals surface area contributed by atoms with Crippen molar-refractivity contribution in [1.29, 1.82) is 5.26 Å². The topological polar surface area (TPSA) is 44.0 Å². The number of aliphatic hydroxyl groups is 1. The molecule has 2 saturated carbocycles. The van der Waals surface area contributed by atoms with E-state index in [1.165, 1.54) is 0 Å². The molecular formula is C21H26FNO. The van der Waals surface area contributed by atoms with Crippen molar-refractivity contribution in [3.63, 3.8) is 0 Å². The molecule has 2 nitrogen and oxygen atoms in total. The Morgan fingerprint density at radius 1 is 1.33 bits per heavy atom. The predicted octanol–water partition coefficient (Wildman–Crippen LogP) is 4.55. The Balaban J connectivity index is 1.81. The van der Waals surface area contributed by atoms with Crippen LogP contribution in [0.1, 0.15) is 68.6 Å². The maximum atomic E-state index is 14.7. The van der Waals surface area contributed by atoms with Crippen molar-refractivity contribution in [2.45, 2.75) is 64.4 Å². The highest BCUT2D eigenvalue weighted by atomic mass is 19.1. The number of aliphatic hydroxyl groups excluding tert-OH is 1. The maximum absolute atomic E-state index is 14.7. The van der Waals surface area contributed by atoms with E-state index >= 15 is 0 Å². The van der Waals surface area contributed by atoms with Gasteiger partial charge in [-0.15, -0.1) is 0 Å². The molecule has 6 atom stereocenters. The zero-order valence-electron chi connectivity index (χ0n) is 14.6. The summed E-state index contributed by atoms with van der Waals surface area (Å²) in [7, 11) is 0. The van der Waals surface area contributed by atoms with Crippen LogP contribution < -0.4 is 0 Å². The van der Waals surface area contributed by atoms with Gasteiger partial charge in [0.05, 0.1) is 11.7 Å². The van der Waals surface area contributed by atoms with Crippen LogP contribution in [0.15, 0.2) is 12.1 Å². The Bertz CT molecular complexity index is 709. The molecular weight excluding hydrogens is 301 g/mol. The van der Waals surface area contributed by atoms with E-state index in [1.807, 2.05) is 12.1 Å². The first kappa shape index (κ1) is 16.1. The van der Waals surface area contributed by atoms with E-state index in [4.69, 9.17) is 5.26 Å². The number of nitriles is 1. The molecule has 3 aliphatic carbocycles. The van der Waals surface area contributed by atoms with Gasteiger partial charge in [-0.3, -0.25) is 0 Å². The molecule has 4 rings (SSSR count). The molecule has 2 fully saturated rings. The van der Waals surface area contributed by atoms with E-state index in [2.05, 4.69) is 13.8 Å². The lowest BCUT2D eigenvalue weighted by molar-refractivity contribution is -0.0489. The fraction of sp³-hybridized carbons (Fsp3) is 0.667. The third kappa shape index (κ3) is 2.02. The van der Waals surface area contributed by atoms with Gasteiger partial charge in [-0.05, 0) is 78.4 Å². The van der Waals surface area contributed by atoms with Crippen LogP contribution in [-0.2, 0) is 6.42 Å². The molecule has 24 heavy (non-hydrogen) atoms.